The van der Waals surface area contributed by atoms with Crippen LogP contribution in [0.5, 0.6) is 0 Å². The molecule has 0 aliphatic carbocycles. The average molecular weight is 344 g/mol. The van der Waals surface area contributed by atoms with E-state index in [1.54, 1.807) is 24.3 Å². The molecule has 3 aromatic heterocycles. The molecule has 6 nitrogen and oxygen atoms in total. The molecule has 3 heterocycles. The van der Waals surface area contributed by atoms with E-state index in [0.29, 0.717) is 24.3 Å². The summed E-state index contributed by atoms with van der Waals surface area (Å²) in [5.41, 5.74) is 3.58. The van der Waals surface area contributed by atoms with Gasteiger partial charge in [0.05, 0.1) is 17.0 Å². The van der Waals surface area contributed by atoms with Crippen molar-refractivity contribution in [2.24, 2.45) is 0 Å². The highest BCUT2D eigenvalue weighted by molar-refractivity contribution is 7.12. The molecule has 0 atom stereocenters. The van der Waals surface area contributed by atoms with Crippen LogP contribution in [0.1, 0.15) is 39.0 Å². The summed E-state index contributed by atoms with van der Waals surface area (Å²) in [6.45, 7) is 8.13. The molecule has 0 bridgehead atoms. The number of amides is 1. The summed E-state index contributed by atoms with van der Waals surface area (Å²) in [4.78, 5) is 16.7. The number of furan rings is 1. The zero-order chi connectivity index (χ0) is 17.3. The summed E-state index contributed by atoms with van der Waals surface area (Å²) in [6.07, 6.45) is 0.678. The van der Waals surface area contributed by atoms with E-state index in [0.717, 1.165) is 28.0 Å². The molecule has 0 spiro atoms. The molecule has 0 fully saturated rings. The second-order valence-corrected chi connectivity index (χ2v) is 6.63. The summed E-state index contributed by atoms with van der Waals surface area (Å²) in [7, 11) is 0. The van der Waals surface area contributed by atoms with Gasteiger partial charge in [-0.2, -0.15) is 5.10 Å². The molecule has 0 aliphatic rings. The maximum atomic E-state index is 12.1. The summed E-state index contributed by atoms with van der Waals surface area (Å²) < 4.78 is 7.23. The van der Waals surface area contributed by atoms with E-state index in [1.165, 1.54) is 0 Å². The number of hydrogen-bond acceptors (Lipinski definition) is 5. The van der Waals surface area contributed by atoms with Crippen molar-refractivity contribution in [1.29, 1.82) is 0 Å². The van der Waals surface area contributed by atoms with Gasteiger partial charge in [-0.3, -0.25) is 4.79 Å². The standard InChI is InChI=1S/C17H20N4O2S/c1-10-7-11(2)21(20-10)17-19-14(9-24-17)5-6-18-16(22)15-8-12(3)23-13(15)4/h7-9H,5-6H2,1-4H3,(H,18,22). The Kier molecular flexibility index (Phi) is 4.53. The largest absolute Gasteiger partial charge is 0.466 e. The molecule has 3 rings (SSSR count). The highest BCUT2D eigenvalue weighted by atomic mass is 32.1. The van der Waals surface area contributed by atoms with Crippen molar-refractivity contribution in [2.45, 2.75) is 34.1 Å². The molecule has 24 heavy (non-hydrogen) atoms. The normalized spacial score (nSPS) is 11.0. The smallest absolute Gasteiger partial charge is 0.254 e. The fraction of sp³-hybridized carbons (Fsp3) is 0.353. The van der Waals surface area contributed by atoms with Crippen LogP contribution in [0.3, 0.4) is 0 Å². The predicted molar refractivity (Wildman–Crippen MR) is 92.9 cm³/mol. The van der Waals surface area contributed by atoms with Gasteiger partial charge in [0.25, 0.3) is 5.91 Å². The van der Waals surface area contributed by atoms with Crippen LogP contribution in [0.4, 0.5) is 0 Å². The van der Waals surface area contributed by atoms with Gasteiger partial charge in [0, 0.05) is 24.0 Å². The predicted octanol–water partition coefficient (Wildman–Crippen LogP) is 3.13. The minimum absolute atomic E-state index is 0.113. The van der Waals surface area contributed by atoms with E-state index in [4.69, 9.17) is 4.42 Å². The average Bonchev–Trinajstić information content (AvgIpc) is 3.18. The van der Waals surface area contributed by atoms with Gasteiger partial charge in [-0.1, -0.05) is 0 Å². The molecular formula is C17H20N4O2S. The number of carbonyl (C=O) groups is 1. The van der Waals surface area contributed by atoms with Gasteiger partial charge >= 0.3 is 0 Å². The second-order valence-electron chi connectivity index (χ2n) is 5.79. The number of aromatic nitrogens is 3. The Bertz CT molecular complexity index is 875. The third-order valence-corrected chi connectivity index (χ3v) is 4.55. The minimum atomic E-state index is -0.113. The number of rotatable bonds is 5. The lowest BCUT2D eigenvalue weighted by Crippen LogP contribution is -2.25. The number of thiazole rings is 1. The van der Waals surface area contributed by atoms with Gasteiger partial charge in [-0.25, -0.2) is 9.67 Å². The van der Waals surface area contributed by atoms with E-state index in [1.807, 2.05) is 36.9 Å². The Morgan fingerprint density at radius 1 is 1.29 bits per heavy atom. The molecule has 0 radical (unpaired) electrons. The van der Waals surface area contributed by atoms with Crippen molar-refractivity contribution >= 4 is 17.2 Å². The first kappa shape index (κ1) is 16.4. The SMILES string of the molecule is Cc1cc(C)n(-c2nc(CCNC(=O)c3cc(C)oc3C)cs2)n1. The monoisotopic (exact) mass is 344 g/mol. The maximum absolute atomic E-state index is 12.1. The van der Waals surface area contributed by atoms with Crippen LogP contribution in [0.25, 0.3) is 5.13 Å². The van der Waals surface area contributed by atoms with Gasteiger partial charge in [0.15, 0.2) is 0 Å². The Labute approximate surface area is 144 Å². The Hall–Kier alpha value is -2.41. The lowest BCUT2D eigenvalue weighted by Gasteiger charge is -2.02. The summed E-state index contributed by atoms with van der Waals surface area (Å²) in [6, 6.07) is 3.78. The van der Waals surface area contributed by atoms with Gasteiger partial charge in [0.1, 0.15) is 11.5 Å². The minimum Gasteiger partial charge on any atom is -0.466 e. The highest BCUT2D eigenvalue weighted by Gasteiger charge is 2.13. The van der Waals surface area contributed by atoms with Gasteiger partial charge in [-0.15, -0.1) is 11.3 Å². The lowest BCUT2D eigenvalue weighted by atomic mass is 10.2. The zero-order valence-corrected chi connectivity index (χ0v) is 15.0. The Balaban J connectivity index is 1.59. The summed E-state index contributed by atoms with van der Waals surface area (Å²) in [5, 5.41) is 10.2. The molecule has 1 N–H and O–H groups in total. The van der Waals surface area contributed by atoms with E-state index in [2.05, 4.69) is 15.4 Å². The first-order valence-corrected chi connectivity index (χ1v) is 8.65. The molecule has 126 valence electrons. The van der Waals surface area contributed by atoms with E-state index < -0.39 is 0 Å². The van der Waals surface area contributed by atoms with Crippen molar-refractivity contribution in [3.63, 3.8) is 0 Å². The first-order valence-electron chi connectivity index (χ1n) is 7.77. The van der Waals surface area contributed by atoms with E-state index in [9.17, 15) is 4.79 Å². The van der Waals surface area contributed by atoms with Gasteiger partial charge in [-0.05, 0) is 39.8 Å². The van der Waals surface area contributed by atoms with Gasteiger partial charge < -0.3 is 9.73 Å². The summed E-state index contributed by atoms with van der Waals surface area (Å²) >= 11 is 1.55. The topological polar surface area (TPSA) is 73.0 Å². The fourth-order valence-corrected chi connectivity index (χ4v) is 3.45. The summed E-state index contributed by atoms with van der Waals surface area (Å²) in [5.74, 6) is 1.27. The van der Waals surface area contributed by atoms with Crippen molar-refractivity contribution in [3.8, 4) is 5.13 Å². The number of nitrogens with zero attached hydrogens (tertiary/aromatic N) is 3. The third kappa shape index (κ3) is 3.41. The van der Waals surface area contributed by atoms with Crippen LogP contribution in [-0.2, 0) is 6.42 Å². The lowest BCUT2D eigenvalue weighted by molar-refractivity contribution is 0.0952. The van der Waals surface area contributed by atoms with Crippen LogP contribution in [-0.4, -0.2) is 27.2 Å². The molecule has 7 heteroatoms. The quantitative estimate of drug-likeness (QED) is 0.772. The number of hydrogen-bond donors (Lipinski definition) is 1. The fourth-order valence-electron chi connectivity index (χ4n) is 2.59. The molecule has 0 aromatic carbocycles. The molecule has 0 saturated carbocycles. The molecule has 0 saturated heterocycles. The Morgan fingerprint density at radius 3 is 2.71 bits per heavy atom. The van der Waals surface area contributed by atoms with Gasteiger partial charge in [0.2, 0.25) is 5.13 Å². The number of carbonyl (C=O) groups excluding carboxylic acids is 1. The number of nitrogens with one attached hydrogen (secondary N) is 1. The molecule has 0 unspecified atom stereocenters. The molecule has 1 amide bonds. The van der Waals surface area contributed by atoms with Crippen molar-refractivity contribution < 1.29 is 9.21 Å². The van der Waals surface area contributed by atoms with E-state index in [-0.39, 0.29) is 5.91 Å². The first-order chi connectivity index (χ1) is 11.4. The van der Waals surface area contributed by atoms with Crippen LogP contribution in [0.2, 0.25) is 0 Å². The molecule has 0 aliphatic heterocycles. The Morgan fingerprint density at radius 2 is 2.08 bits per heavy atom. The highest BCUT2D eigenvalue weighted by Crippen LogP contribution is 2.17. The van der Waals surface area contributed by atoms with Crippen LogP contribution < -0.4 is 5.32 Å². The maximum Gasteiger partial charge on any atom is 0.254 e. The number of aryl methyl sites for hydroxylation is 4. The molecular weight excluding hydrogens is 324 g/mol. The van der Waals surface area contributed by atoms with Crippen LogP contribution in [0.15, 0.2) is 21.9 Å². The van der Waals surface area contributed by atoms with Crippen molar-refractivity contribution in [1.82, 2.24) is 20.1 Å². The van der Waals surface area contributed by atoms with Crippen molar-refractivity contribution in [2.75, 3.05) is 6.54 Å². The van der Waals surface area contributed by atoms with Crippen LogP contribution in [0, 0.1) is 27.7 Å². The van der Waals surface area contributed by atoms with E-state index >= 15 is 0 Å². The molecule has 3 aromatic rings. The zero-order valence-electron chi connectivity index (χ0n) is 14.2. The van der Waals surface area contributed by atoms with Crippen molar-refractivity contribution in [3.05, 3.63) is 51.7 Å². The van der Waals surface area contributed by atoms with Crippen LogP contribution >= 0.6 is 11.3 Å². The third-order valence-electron chi connectivity index (χ3n) is 3.68. The second kappa shape index (κ2) is 6.60.